The van der Waals surface area contributed by atoms with Gasteiger partial charge in [0.25, 0.3) is 0 Å². The Morgan fingerprint density at radius 2 is 1.83 bits per heavy atom. The van der Waals surface area contributed by atoms with Crippen molar-refractivity contribution in [3.63, 3.8) is 0 Å². The Labute approximate surface area is 136 Å². The molecule has 0 unspecified atom stereocenters. The molecule has 0 aliphatic rings. The lowest BCUT2D eigenvalue weighted by Crippen LogP contribution is -2.48. The van der Waals surface area contributed by atoms with Crippen molar-refractivity contribution in [3.05, 3.63) is 35.9 Å². The number of nitrogens with one attached hydrogen (secondary N) is 1. The standard InChI is InChI=1S/C17H25NO5/c1-12(10-19)14(15(20)23-17(2,3)4)18-16(21)22-11-13-8-6-5-7-9-13/h5-9,12,14,19H,10-11H2,1-4H3,(H,18,21)/t12-,14-/m1/s1. The molecule has 0 heterocycles. The number of hydrogen-bond donors (Lipinski definition) is 2. The molecule has 1 aromatic rings. The number of carbonyl (C=O) groups excluding carboxylic acids is 2. The van der Waals surface area contributed by atoms with Crippen molar-refractivity contribution >= 4 is 12.1 Å². The minimum Gasteiger partial charge on any atom is -0.458 e. The molecule has 6 nitrogen and oxygen atoms in total. The van der Waals surface area contributed by atoms with Crippen LogP contribution in [0.5, 0.6) is 0 Å². The molecule has 0 aliphatic carbocycles. The van der Waals surface area contributed by atoms with Crippen LogP contribution in [-0.4, -0.2) is 35.4 Å². The van der Waals surface area contributed by atoms with Gasteiger partial charge in [-0.3, -0.25) is 0 Å². The molecule has 1 amide bonds. The Morgan fingerprint density at radius 3 is 2.35 bits per heavy atom. The number of esters is 1. The van der Waals surface area contributed by atoms with E-state index in [0.717, 1.165) is 5.56 Å². The summed E-state index contributed by atoms with van der Waals surface area (Å²) in [6, 6.07) is 8.24. The van der Waals surface area contributed by atoms with Gasteiger partial charge in [0.2, 0.25) is 0 Å². The fourth-order valence-electron chi connectivity index (χ4n) is 1.80. The molecule has 0 spiro atoms. The van der Waals surface area contributed by atoms with E-state index in [2.05, 4.69) is 5.32 Å². The van der Waals surface area contributed by atoms with Crippen LogP contribution in [0, 0.1) is 5.92 Å². The van der Waals surface area contributed by atoms with E-state index in [0.29, 0.717) is 0 Å². The van der Waals surface area contributed by atoms with E-state index < -0.39 is 29.6 Å². The van der Waals surface area contributed by atoms with Crippen LogP contribution in [0.25, 0.3) is 0 Å². The minimum absolute atomic E-state index is 0.0984. The van der Waals surface area contributed by atoms with Crippen LogP contribution in [0.1, 0.15) is 33.3 Å². The highest BCUT2D eigenvalue weighted by atomic mass is 16.6. The lowest BCUT2D eigenvalue weighted by Gasteiger charge is -2.27. The molecular weight excluding hydrogens is 298 g/mol. The Hall–Kier alpha value is -2.08. The second-order valence-corrected chi connectivity index (χ2v) is 6.38. The third-order valence-corrected chi connectivity index (χ3v) is 3.00. The molecule has 6 heteroatoms. The second kappa shape index (κ2) is 8.53. The van der Waals surface area contributed by atoms with Crippen LogP contribution in [0.2, 0.25) is 0 Å². The first kappa shape index (κ1) is 19.0. The maximum absolute atomic E-state index is 12.2. The van der Waals surface area contributed by atoms with E-state index in [-0.39, 0.29) is 13.2 Å². The third-order valence-electron chi connectivity index (χ3n) is 3.00. The van der Waals surface area contributed by atoms with Gasteiger partial charge in [0.05, 0.1) is 0 Å². The van der Waals surface area contributed by atoms with Gasteiger partial charge in [0.15, 0.2) is 0 Å². The average Bonchev–Trinajstić information content (AvgIpc) is 2.49. The van der Waals surface area contributed by atoms with Gasteiger partial charge in [0, 0.05) is 12.5 Å². The summed E-state index contributed by atoms with van der Waals surface area (Å²) in [5.74, 6) is -1.09. The first-order chi connectivity index (χ1) is 10.7. The number of rotatable bonds is 6. The normalized spacial score (nSPS) is 13.8. The van der Waals surface area contributed by atoms with Gasteiger partial charge in [-0.25, -0.2) is 9.59 Å². The molecule has 2 atom stereocenters. The molecule has 0 saturated heterocycles. The Morgan fingerprint density at radius 1 is 1.22 bits per heavy atom. The van der Waals surface area contributed by atoms with Gasteiger partial charge in [-0.15, -0.1) is 0 Å². The fourth-order valence-corrected chi connectivity index (χ4v) is 1.80. The zero-order valence-electron chi connectivity index (χ0n) is 14.0. The molecule has 1 aromatic carbocycles. The SMILES string of the molecule is C[C@H](CO)[C@@H](NC(=O)OCc1ccccc1)C(=O)OC(C)(C)C. The maximum atomic E-state index is 12.2. The molecule has 0 saturated carbocycles. The van der Waals surface area contributed by atoms with E-state index in [9.17, 15) is 14.7 Å². The predicted octanol–water partition coefficient (Wildman–Crippen LogP) is 2.25. The summed E-state index contributed by atoms with van der Waals surface area (Å²) in [4.78, 5) is 24.1. The van der Waals surface area contributed by atoms with Crippen LogP contribution >= 0.6 is 0 Å². The summed E-state index contributed by atoms with van der Waals surface area (Å²) in [5.41, 5.74) is 0.159. The van der Waals surface area contributed by atoms with Gasteiger partial charge in [-0.05, 0) is 26.3 Å². The number of aliphatic hydroxyl groups excluding tert-OH is 1. The highest BCUT2D eigenvalue weighted by Gasteiger charge is 2.31. The van der Waals surface area contributed by atoms with Gasteiger partial charge in [0.1, 0.15) is 18.2 Å². The smallest absolute Gasteiger partial charge is 0.408 e. The van der Waals surface area contributed by atoms with Crippen LogP contribution < -0.4 is 5.32 Å². The number of benzene rings is 1. The Bertz CT molecular complexity index is 509. The van der Waals surface area contributed by atoms with Gasteiger partial charge in [-0.2, -0.15) is 0 Å². The number of ether oxygens (including phenoxy) is 2. The molecule has 0 radical (unpaired) electrons. The van der Waals surface area contributed by atoms with Gasteiger partial charge < -0.3 is 19.9 Å². The van der Waals surface area contributed by atoms with Crippen LogP contribution in [0.3, 0.4) is 0 Å². The highest BCUT2D eigenvalue weighted by molar-refractivity contribution is 5.81. The largest absolute Gasteiger partial charge is 0.458 e. The zero-order chi connectivity index (χ0) is 17.5. The lowest BCUT2D eigenvalue weighted by atomic mass is 10.0. The average molecular weight is 323 g/mol. The van der Waals surface area contributed by atoms with E-state index in [1.165, 1.54) is 0 Å². The number of carbonyl (C=O) groups is 2. The molecule has 1 rings (SSSR count). The molecular formula is C17H25NO5. The summed E-state index contributed by atoms with van der Waals surface area (Å²) >= 11 is 0. The van der Waals surface area contributed by atoms with Crippen LogP contribution in [0.15, 0.2) is 30.3 Å². The number of hydrogen-bond acceptors (Lipinski definition) is 5. The fraction of sp³-hybridized carbons (Fsp3) is 0.529. The Balaban J connectivity index is 2.62. The monoisotopic (exact) mass is 323 g/mol. The van der Waals surface area contributed by atoms with Crippen molar-refractivity contribution in [1.29, 1.82) is 0 Å². The van der Waals surface area contributed by atoms with Gasteiger partial charge >= 0.3 is 12.1 Å². The summed E-state index contributed by atoms with van der Waals surface area (Å²) < 4.78 is 10.4. The molecule has 128 valence electrons. The summed E-state index contributed by atoms with van der Waals surface area (Å²) in [6.45, 7) is 6.69. The van der Waals surface area contributed by atoms with Crippen molar-refractivity contribution < 1.29 is 24.2 Å². The van der Waals surface area contributed by atoms with E-state index in [1.807, 2.05) is 30.3 Å². The number of amides is 1. The van der Waals surface area contributed by atoms with E-state index in [1.54, 1.807) is 27.7 Å². The second-order valence-electron chi connectivity index (χ2n) is 6.38. The van der Waals surface area contributed by atoms with Crippen molar-refractivity contribution in [3.8, 4) is 0 Å². The van der Waals surface area contributed by atoms with Crippen molar-refractivity contribution in [2.45, 2.75) is 45.9 Å². The zero-order valence-corrected chi connectivity index (χ0v) is 14.0. The molecule has 0 aromatic heterocycles. The van der Waals surface area contributed by atoms with Crippen molar-refractivity contribution in [2.24, 2.45) is 5.92 Å². The van der Waals surface area contributed by atoms with Gasteiger partial charge in [-0.1, -0.05) is 37.3 Å². The third kappa shape index (κ3) is 7.15. The predicted molar refractivity (Wildman–Crippen MR) is 85.6 cm³/mol. The molecule has 23 heavy (non-hydrogen) atoms. The molecule has 0 aliphatic heterocycles. The topological polar surface area (TPSA) is 84.9 Å². The first-order valence-electron chi connectivity index (χ1n) is 7.54. The quantitative estimate of drug-likeness (QED) is 0.784. The molecule has 2 N–H and O–H groups in total. The first-order valence-corrected chi connectivity index (χ1v) is 7.54. The maximum Gasteiger partial charge on any atom is 0.408 e. The highest BCUT2D eigenvalue weighted by Crippen LogP contribution is 2.13. The number of aliphatic hydroxyl groups is 1. The van der Waals surface area contributed by atoms with E-state index >= 15 is 0 Å². The summed E-state index contributed by atoms with van der Waals surface area (Å²) in [5, 5.41) is 11.7. The van der Waals surface area contributed by atoms with Crippen LogP contribution in [0.4, 0.5) is 4.79 Å². The Kier molecular flexibility index (Phi) is 7.03. The van der Waals surface area contributed by atoms with Crippen molar-refractivity contribution in [2.75, 3.05) is 6.61 Å². The summed E-state index contributed by atoms with van der Waals surface area (Å²) in [6.07, 6.45) is -0.731. The molecule has 0 bridgehead atoms. The minimum atomic E-state index is -0.970. The summed E-state index contributed by atoms with van der Waals surface area (Å²) in [7, 11) is 0. The van der Waals surface area contributed by atoms with Crippen molar-refractivity contribution in [1.82, 2.24) is 5.32 Å². The number of alkyl carbamates (subject to hydrolysis) is 1. The van der Waals surface area contributed by atoms with E-state index in [4.69, 9.17) is 9.47 Å². The lowest BCUT2D eigenvalue weighted by molar-refractivity contribution is -0.159. The molecule has 0 fully saturated rings. The van der Waals surface area contributed by atoms with Crippen LogP contribution in [-0.2, 0) is 20.9 Å².